The van der Waals surface area contributed by atoms with Crippen LogP contribution in [-0.2, 0) is 4.79 Å². The van der Waals surface area contributed by atoms with Gasteiger partial charge in [0, 0.05) is 32.8 Å². The highest BCUT2D eigenvalue weighted by molar-refractivity contribution is 5.78. The molecule has 2 aliphatic carbocycles. The maximum atomic E-state index is 12.8. The van der Waals surface area contributed by atoms with Crippen LogP contribution >= 0.6 is 0 Å². The van der Waals surface area contributed by atoms with Gasteiger partial charge in [-0.2, -0.15) is 0 Å². The van der Waals surface area contributed by atoms with Gasteiger partial charge in [0.1, 0.15) is 0 Å². The lowest BCUT2D eigenvalue weighted by Gasteiger charge is -2.34. The first-order chi connectivity index (χ1) is 11.7. The van der Waals surface area contributed by atoms with Crippen molar-refractivity contribution in [2.45, 2.75) is 64.2 Å². The molecule has 3 fully saturated rings. The minimum atomic E-state index is 0.275. The van der Waals surface area contributed by atoms with Crippen molar-refractivity contribution in [3.05, 3.63) is 0 Å². The van der Waals surface area contributed by atoms with E-state index < -0.39 is 0 Å². The molecule has 0 aromatic carbocycles. The third kappa shape index (κ3) is 5.19. The lowest BCUT2D eigenvalue weighted by molar-refractivity contribution is -0.134. The Kier molecular flexibility index (Phi) is 6.96. The van der Waals surface area contributed by atoms with Crippen LogP contribution in [0.3, 0.4) is 0 Å². The molecule has 1 N–H and O–H groups in total. The molecular weight excluding hydrogens is 300 g/mol. The van der Waals surface area contributed by atoms with Crippen molar-refractivity contribution in [2.75, 3.05) is 39.3 Å². The van der Waals surface area contributed by atoms with Gasteiger partial charge in [0.2, 0.25) is 5.91 Å². The van der Waals surface area contributed by atoms with Gasteiger partial charge >= 0.3 is 0 Å². The Bertz CT molecular complexity index is 363. The minimum Gasteiger partial charge on any atom is -0.396 e. The Balaban J connectivity index is 1.50. The highest BCUT2D eigenvalue weighted by Gasteiger charge is 2.27. The smallest absolute Gasteiger partial charge is 0.236 e. The van der Waals surface area contributed by atoms with E-state index in [1.807, 2.05) is 4.90 Å². The van der Waals surface area contributed by atoms with Crippen LogP contribution in [0.25, 0.3) is 0 Å². The SMILES string of the molecule is O=C(CN(CC1CCCC1)CC1CCCC1)N1CCC(CO)CC1. The summed E-state index contributed by atoms with van der Waals surface area (Å²) in [5, 5.41) is 9.27. The molecule has 1 aliphatic heterocycles. The van der Waals surface area contributed by atoms with Crippen LogP contribution < -0.4 is 0 Å². The fourth-order valence-electron chi connectivity index (χ4n) is 4.98. The molecule has 1 saturated heterocycles. The molecule has 0 atom stereocenters. The number of hydrogen-bond acceptors (Lipinski definition) is 3. The van der Waals surface area contributed by atoms with E-state index in [4.69, 9.17) is 0 Å². The Labute approximate surface area is 147 Å². The molecule has 138 valence electrons. The number of carbonyl (C=O) groups is 1. The predicted molar refractivity (Wildman–Crippen MR) is 96.7 cm³/mol. The van der Waals surface area contributed by atoms with E-state index in [0.717, 1.165) is 50.9 Å². The van der Waals surface area contributed by atoms with Crippen LogP contribution in [0, 0.1) is 17.8 Å². The molecule has 2 saturated carbocycles. The summed E-state index contributed by atoms with van der Waals surface area (Å²) in [4.78, 5) is 17.3. The largest absolute Gasteiger partial charge is 0.396 e. The third-order valence-electron chi connectivity index (χ3n) is 6.57. The van der Waals surface area contributed by atoms with Crippen LogP contribution in [0.4, 0.5) is 0 Å². The van der Waals surface area contributed by atoms with E-state index in [1.54, 1.807) is 0 Å². The van der Waals surface area contributed by atoms with Crippen molar-refractivity contribution in [3.63, 3.8) is 0 Å². The Morgan fingerprint density at radius 3 is 1.79 bits per heavy atom. The normalized spacial score (nSPS) is 24.3. The highest BCUT2D eigenvalue weighted by Crippen LogP contribution is 2.29. The number of carbonyl (C=O) groups excluding carboxylic acids is 1. The van der Waals surface area contributed by atoms with Gasteiger partial charge in [0.05, 0.1) is 6.54 Å². The van der Waals surface area contributed by atoms with E-state index in [2.05, 4.69) is 4.90 Å². The minimum absolute atomic E-state index is 0.275. The molecule has 0 unspecified atom stereocenters. The van der Waals surface area contributed by atoms with Gasteiger partial charge in [-0.25, -0.2) is 0 Å². The van der Waals surface area contributed by atoms with Crippen molar-refractivity contribution in [1.82, 2.24) is 9.80 Å². The quantitative estimate of drug-likeness (QED) is 0.777. The Hall–Kier alpha value is -0.610. The molecule has 4 heteroatoms. The van der Waals surface area contributed by atoms with Crippen LogP contribution in [0.2, 0.25) is 0 Å². The number of likely N-dealkylation sites (tertiary alicyclic amines) is 1. The van der Waals surface area contributed by atoms with E-state index in [1.165, 1.54) is 51.4 Å². The standard InChI is InChI=1S/C20H36N2O2/c23-16-19-9-11-22(12-10-19)20(24)15-21(13-17-5-1-2-6-17)14-18-7-3-4-8-18/h17-19,23H,1-16H2. The molecule has 0 aromatic rings. The van der Waals surface area contributed by atoms with E-state index in [0.29, 0.717) is 18.4 Å². The number of amides is 1. The summed E-state index contributed by atoms with van der Waals surface area (Å²) in [6, 6.07) is 0. The molecule has 4 nitrogen and oxygen atoms in total. The molecule has 1 heterocycles. The first kappa shape index (κ1) is 18.2. The van der Waals surface area contributed by atoms with Crippen molar-refractivity contribution < 1.29 is 9.90 Å². The molecule has 0 bridgehead atoms. The van der Waals surface area contributed by atoms with Crippen LogP contribution in [0.5, 0.6) is 0 Å². The maximum absolute atomic E-state index is 12.8. The first-order valence-electron chi connectivity index (χ1n) is 10.4. The second kappa shape index (κ2) is 9.19. The third-order valence-corrected chi connectivity index (χ3v) is 6.57. The summed E-state index contributed by atoms with van der Waals surface area (Å²) in [5.74, 6) is 2.36. The maximum Gasteiger partial charge on any atom is 0.236 e. The van der Waals surface area contributed by atoms with E-state index in [9.17, 15) is 9.90 Å². The predicted octanol–water partition coefficient (Wildman–Crippen LogP) is 2.90. The molecule has 0 aromatic heterocycles. The van der Waals surface area contributed by atoms with Crippen molar-refractivity contribution in [3.8, 4) is 0 Å². The number of aliphatic hydroxyl groups excluding tert-OH is 1. The summed E-state index contributed by atoms with van der Waals surface area (Å²) < 4.78 is 0. The summed E-state index contributed by atoms with van der Waals surface area (Å²) in [6.07, 6.45) is 12.9. The number of nitrogens with zero attached hydrogens (tertiary/aromatic N) is 2. The molecule has 3 aliphatic rings. The van der Waals surface area contributed by atoms with Gasteiger partial charge in [-0.1, -0.05) is 25.7 Å². The van der Waals surface area contributed by atoms with Crippen LogP contribution in [0.15, 0.2) is 0 Å². The number of piperidine rings is 1. The van der Waals surface area contributed by atoms with Crippen molar-refractivity contribution in [1.29, 1.82) is 0 Å². The fourth-order valence-corrected chi connectivity index (χ4v) is 4.98. The Morgan fingerprint density at radius 1 is 0.833 bits per heavy atom. The van der Waals surface area contributed by atoms with Gasteiger partial charge in [-0.15, -0.1) is 0 Å². The second-order valence-corrected chi connectivity index (χ2v) is 8.50. The topological polar surface area (TPSA) is 43.8 Å². The summed E-state index contributed by atoms with van der Waals surface area (Å²) in [5.41, 5.74) is 0. The summed E-state index contributed by atoms with van der Waals surface area (Å²) >= 11 is 0. The van der Waals surface area contributed by atoms with Crippen LogP contribution in [-0.4, -0.2) is 60.1 Å². The lowest BCUT2D eigenvalue weighted by atomic mass is 9.98. The van der Waals surface area contributed by atoms with E-state index in [-0.39, 0.29) is 6.61 Å². The van der Waals surface area contributed by atoms with Crippen molar-refractivity contribution >= 4 is 5.91 Å². The zero-order valence-corrected chi connectivity index (χ0v) is 15.3. The number of hydrogen-bond donors (Lipinski definition) is 1. The number of aliphatic hydroxyl groups is 1. The molecule has 24 heavy (non-hydrogen) atoms. The molecule has 0 radical (unpaired) electrons. The van der Waals surface area contributed by atoms with Gasteiger partial charge in [-0.3, -0.25) is 9.69 Å². The molecule has 0 spiro atoms. The van der Waals surface area contributed by atoms with E-state index >= 15 is 0 Å². The summed E-state index contributed by atoms with van der Waals surface area (Å²) in [7, 11) is 0. The monoisotopic (exact) mass is 336 g/mol. The van der Waals surface area contributed by atoms with Gasteiger partial charge < -0.3 is 10.0 Å². The van der Waals surface area contributed by atoms with Crippen molar-refractivity contribution in [2.24, 2.45) is 17.8 Å². The molecule has 1 amide bonds. The molecular formula is C20H36N2O2. The van der Waals surface area contributed by atoms with Gasteiger partial charge in [0.25, 0.3) is 0 Å². The zero-order valence-electron chi connectivity index (χ0n) is 15.3. The Morgan fingerprint density at radius 2 is 1.33 bits per heavy atom. The van der Waals surface area contributed by atoms with Gasteiger partial charge in [-0.05, 0) is 56.3 Å². The second-order valence-electron chi connectivity index (χ2n) is 8.50. The number of rotatable bonds is 7. The first-order valence-corrected chi connectivity index (χ1v) is 10.4. The van der Waals surface area contributed by atoms with Gasteiger partial charge in [0.15, 0.2) is 0 Å². The zero-order chi connectivity index (χ0) is 16.8. The average molecular weight is 337 g/mol. The van der Waals surface area contributed by atoms with Crippen LogP contribution in [0.1, 0.15) is 64.2 Å². The highest BCUT2D eigenvalue weighted by atomic mass is 16.3. The summed E-state index contributed by atoms with van der Waals surface area (Å²) in [6.45, 7) is 4.84. The fraction of sp³-hybridized carbons (Fsp3) is 0.950. The lowest BCUT2D eigenvalue weighted by Crippen LogP contribution is -2.46. The average Bonchev–Trinajstić information content (AvgIpc) is 3.29. The molecule has 3 rings (SSSR count).